The zero-order chi connectivity index (χ0) is 20.8. The number of carbonyl (C=O) groups excluding carboxylic acids is 1. The summed E-state index contributed by atoms with van der Waals surface area (Å²) < 4.78 is 7.09. The van der Waals surface area contributed by atoms with Crippen molar-refractivity contribution in [1.29, 1.82) is 0 Å². The van der Waals surface area contributed by atoms with E-state index in [2.05, 4.69) is 20.7 Å². The van der Waals surface area contributed by atoms with Crippen LogP contribution in [0.4, 0.5) is 0 Å². The molecular weight excluding hydrogens is 398 g/mol. The number of aryl methyl sites for hydroxylation is 1. The van der Waals surface area contributed by atoms with Gasteiger partial charge in [0, 0.05) is 11.3 Å². The predicted octanol–water partition coefficient (Wildman–Crippen LogP) is 4.08. The molecule has 0 fully saturated rings. The molecule has 0 radical (unpaired) electrons. The molecule has 0 aliphatic rings. The maximum Gasteiger partial charge on any atom is 0.250 e. The molecule has 150 valence electrons. The lowest BCUT2D eigenvalue weighted by Crippen LogP contribution is -2.19. The first kappa shape index (κ1) is 19.7. The van der Waals surface area contributed by atoms with Gasteiger partial charge in [-0.3, -0.25) is 9.36 Å². The van der Waals surface area contributed by atoms with Crippen LogP contribution in [-0.4, -0.2) is 32.6 Å². The molecule has 4 aromatic rings. The number of nitrogens with zero attached hydrogens (tertiary/aromatic N) is 4. The normalized spacial score (nSPS) is 11.1. The maximum absolute atomic E-state index is 12.2. The molecule has 0 aliphatic heterocycles. The summed E-state index contributed by atoms with van der Waals surface area (Å²) in [5, 5.41) is 13.2. The van der Waals surface area contributed by atoms with E-state index in [1.807, 2.05) is 66.1 Å². The lowest BCUT2D eigenvalue weighted by atomic mass is 10.2. The van der Waals surface area contributed by atoms with E-state index in [4.69, 9.17) is 4.42 Å². The van der Waals surface area contributed by atoms with Gasteiger partial charge < -0.3 is 4.42 Å². The molecule has 0 saturated heterocycles. The van der Waals surface area contributed by atoms with Gasteiger partial charge in [0.25, 0.3) is 5.91 Å². The first-order chi connectivity index (χ1) is 14.7. The average molecular weight is 417 g/mol. The number of nitrogens with one attached hydrogen (secondary N) is 1. The quantitative estimate of drug-likeness (QED) is 0.278. The minimum Gasteiger partial charge on any atom is -0.463 e. The largest absolute Gasteiger partial charge is 0.463 e. The Bertz CT molecular complexity index is 1140. The Kier molecular flexibility index (Phi) is 6.05. The highest BCUT2D eigenvalue weighted by atomic mass is 32.2. The predicted molar refractivity (Wildman–Crippen MR) is 117 cm³/mol. The van der Waals surface area contributed by atoms with Crippen molar-refractivity contribution in [3.8, 4) is 17.1 Å². The molecule has 0 aliphatic carbocycles. The van der Waals surface area contributed by atoms with E-state index >= 15 is 0 Å². The number of aromatic nitrogens is 3. The summed E-state index contributed by atoms with van der Waals surface area (Å²) in [6.45, 7) is 2.04. The van der Waals surface area contributed by atoms with E-state index in [9.17, 15) is 4.79 Å². The molecule has 0 unspecified atom stereocenters. The Morgan fingerprint density at radius 3 is 2.63 bits per heavy atom. The van der Waals surface area contributed by atoms with Crippen molar-refractivity contribution in [2.75, 3.05) is 5.75 Å². The summed E-state index contributed by atoms with van der Waals surface area (Å²) in [6, 6.07) is 21.5. The summed E-state index contributed by atoms with van der Waals surface area (Å²) in [5.41, 5.74) is 5.53. The Balaban J connectivity index is 1.53. The van der Waals surface area contributed by atoms with Gasteiger partial charge in [-0.15, -0.1) is 10.2 Å². The Morgan fingerprint density at radius 1 is 1.10 bits per heavy atom. The summed E-state index contributed by atoms with van der Waals surface area (Å²) in [6.07, 6.45) is 2.99. The third kappa shape index (κ3) is 4.66. The van der Waals surface area contributed by atoms with Gasteiger partial charge in [-0.2, -0.15) is 5.10 Å². The molecule has 0 spiro atoms. The van der Waals surface area contributed by atoms with Crippen LogP contribution in [0, 0.1) is 6.92 Å². The van der Waals surface area contributed by atoms with E-state index in [0.29, 0.717) is 10.9 Å². The van der Waals surface area contributed by atoms with Crippen molar-refractivity contribution in [3.63, 3.8) is 0 Å². The van der Waals surface area contributed by atoms with Crippen molar-refractivity contribution >= 4 is 23.9 Å². The third-order valence-corrected chi connectivity index (χ3v) is 5.14. The number of rotatable bonds is 7. The van der Waals surface area contributed by atoms with E-state index < -0.39 is 0 Å². The zero-order valence-corrected chi connectivity index (χ0v) is 17.0. The number of hydrazone groups is 1. The van der Waals surface area contributed by atoms with E-state index in [1.165, 1.54) is 18.0 Å². The molecule has 7 nitrogen and oxygen atoms in total. The van der Waals surface area contributed by atoms with Crippen LogP contribution in [0.5, 0.6) is 0 Å². The SMILES string of the molecule is Cc1ccc(-n2c(SCC(=O)N/N=C\c3ccco3)nnc2-c2ccccc2)cc1. The van der Waals surface area contributed by atoms with Gasteiger partial charge >= 0.3 is 0 Å². The Hall–Kier alpha value is -3.65. The van der Waals surface area contributed by atoms with Crippen LogP contribution in [0.15, 0.2) is 87.7 Å². The lowest BCUT2D eigenvalue weighted by molar-refractivity contribution is -0.118. The molecule has 0 atom stereocenters. The number of hydrogen-bond acceptors (Lipinski definition) is 6. The number of amides is 1. The highest BCUT2D eigenvalue weighted by Gasteiger charge is 2.17. The lowest BCUT2D eigenvalue weighted by Gasteiger charge is -2.10. The van der Waals surface area contributed by atoms with Gasteiger partial charge in [-0.1, -0.05) is 59.8 Å². The van der Waals surface area contributed by atoms with Crippen LogP contribution in [0.2, 0.25) is 0 Å². The standard InChI is InChI=1S/C22H19N5O2S/c1-16-9-11-18(12-10-16)27-21(17-6-3-2-4-7-17)25-26-22(27)30-15-20(28)24-23-14-19-8-5-13-29-19/h2-14H,15H2,1H3,(H,24,28)/b23-14-. The van der Waals surface area contributed by atoms with Gasteiger partial charge in [-0.25, -0.2) is 5.43 Å². The van der Waals surface area contributed by atoms with E-state index in [1.54, 1.807) is 18.4 Å². The van der Waals surface area contributed by atoms with Crippen molar-refractivity contribution in [3.05, 3.63) is 84.3 Å². The summed E-state index contributed by atoms with van der Waals surface area (Å²) >= 11 is 1.30. The van der Waals surface area contributed by atoms with Crippen LogP contribution in [0.3, 0.4) is 0 Å². The molecule has 4 rings (SSSR count). The van der Waals surface area contributed by atoms with Crippen molar-refractivity contribution in [2.45, 2.75) is 12.1 Å². The second kappa shape index (κ2) is 9.23. The van der Waals surface area contributed by atoms with Crippen LogP contribution in [0.1, 0.15) is 11.3 Å². The first-order valence-corrected chi connectivity index (χ1v) is 10.3. The Morgan fingerprint density at radius 2 is 1.90 bits per heavy atom. The second-order valence-corrected chi connectivity index (χ2v) is 7.38. The number of furan rings is 1. The van der Waals surface area contributed by atoms with Crippen LogP contribution >= 0.6 is 11.8 Å². The average Bonchev–Trinajstić information content (AvgIpc) is 3.43. The van der Waals surface area contributed by atoms with Gasteiger partial charge in [-0.05, 0) is 31.2 Å². The summed E-state index contributed by atoms with van der Waals surface area (Å²) in [5.74, 6) is 1.18. The minimum atomic E-state index is -0.248. The maximum atomic E-state index is 12.2. The Labute approximate surface area is 177 Å². The topological polar surface area (TPSA) is 85.3 Å². The molecule has 8 heteroatoms. The summed E-state index contributed by atoms with van der Waals surface area (Å²) in [4.78, 5) is 12.2. The zero-order valence-electron chi connectivity index (χ0n) is 16.2. The molecule has 30 heavy (non-hydrogen) atoms. The molecule has 2 aromatic heterocycles. The van der Waals surface area contributed by atoms with Gasteiger partial charge in [0.15, 0.2) is 11.0 Å². The molecular formula is C22H19N5O2S. The fourth-order valence-electron chi connectivity index (χ4n) is 2.76. The smallest absolute Gasteiger partial charge is 0.250 e. The molecule has 0 bridgehead atoms. The van der Waals surface area contributed by atoms with Crippen LogP contribution in [0.25, 0.3) is 17.1 Å². The molecule has 0 saturated carbocycles. The molecule has 2 aromatic carbocycles. The van der Waals surface area contributed by atoms with Gasteiger partial charge in [0.2, 0.25) is 0 Å². The highest BCUT2D eigenvalue weighted by Crippen LogP contribution is 2.28. The second-order valence-electron chi connectivity index (χ2n) is 6.44. The van der Waals surface area contributed by atoms with Crippen LogP contribution in [-0.2, 0) is 4.79 Å². The molecule has 1 N–H and O–H groups in total. The van der Waals surface area contributed by atoms with E-state index in [0.717, 1.165) is 22.6 Å². The number of thioether (sulfide) groups is 1. The molecule has 2 heterocycles. The highest BCUT2D eigenvalue weighted by molar-refractivity contribution is 7.99. The summed E-state index contributed by atoms with van der Waals surface area (Å²) in [7, 11) is 0. The van der Waals surface area contributed by atoms with Gasteiger partial charge in [0.1, 0.15) is 5.76 Å². The third-order valence-electron chi connectivity index (χ3n) is 4.21. The van der Waals surface area contributed by atoms with Crippen molar-refractivity contribution in [2.24, 2.45) is 5.10 Å². The number of carbonyl (C=O) groups is 1. The van der Waals surface area contributed by atoms with Crippen molar-refractivity contribution in [1.82, 2.24) is 20.2 Å². The minimum absolute atomic E-state index is 0.147. The number of benzene rings is 2. The number of hydrogen-bond donors (Lipinski definition) is 1. The first-order valence-electron chi connectivity index (χ1n) is 9.27. The van der Waals surface area contributed by atoms with Crippen LogP contribution < -0.4 is 5.43 Å². The fourth-order valence-corrected chi connectivity index (χ4v) is 3.50. The molecule has 1 amide bonds. The van der Waals surface area contributed by atoms with E-state index in [-0.39, 0.29) is 11.7 Å². The fraction of sp³-hybridized carbons (Fsp3) is 0.0909. The monoisotopic (exact) mass is 417 g/mol. The van der Waals surface area contributed by atoms with Crippen molar-refractivity contribution < 1.29 is 9.21 Å². The van der Waals surface area contributed by atoms with Gasteiger partial charge in [0.05, 0.1) is 18.2 Å².